The second-order valence-corrected chi connectivity index (χ2v) is 7.81. The first-order valence-corrected chi connectivity index (χ1v) is 8.83. The predicted octanol–water partition coefficient (Wildman–Crippen LogP) is 6.37. The highest BCUT2D eigenvalue weighted by atomic mass is 14.7. The summed E-state index contributed by atoms with van der Waals surface area (Å²) in [6.07, 6.45) is 2.33. The van der Waals surface area contributed by atoms with E-state index in [2.05, 4.69) is 89.0 Å². The summed E-state index contributed by atoms with van der Waals surface area (Å²) in [5.41, 5.74) is 5.41. The summed E-state index contributed by atoms with van der Waals surface area (Å²) in [5, 5.41) is 0. The van der Waals surface area contributed by atoms with Crippen molar-refractivity contribution >= 4 is 0 Å². The molecule has 124 valence electrons. The Bertz CT molecular complexity index is 640. The van der Waals surface area contributed by atoms with Crippen molar-refractivity contribution in [2.45, 2.75) is 71.6 Å². The molecule has 23 heavy (non-hydrogen) atoms. The number of hydrogen-bond acceptors (Lipinski definition) is 1. The minimum atomic E-state index is 0.197. The minimum absolute atomic E-state index is 0.197. The van der Waals surface area contributed by atoms with E-state index in [4.69, 9.17) is 0 Å². The van der Waals surface area contributed by atoms with E-state index in [1.165, 1.54) is 23.2 Å². The maximum absolute atomic E-state index is 4.68. The van der Waals surface area contributed by atoms with Crippen LogP contribution in [0.25, 0.3) is 0 Å². The van der Waals surface area contributed by atoms with E-state index in [1.807, 2.05) is 0 Å². The fourth-order valence-electron chi connectivity index (χ4n) is 3.03. The van der Waals surface area contributed by atoms with Crippen LogP contribution in [-0.4, -0.2) is 4.98 Å². The Morgan fingerprint density at radius 2 is 1.70 bits per heavy atom. The molecule has 0 bridgehead atoms. The van der Waals surface area contributed by atoms with Gasteiger partial charge in [-0.25, -0.2) is 0 Å². The molecule has 1 heterocycles. The summed E-state index contributed by atoms with van der Waals surface area (Å²) in [5.74, 6) is 1.09. The van der Waals surface area contributed by atoms with Gasteiger partial charge in [0.15, 0.2) is 0 Å². The number of aryl methyl sites for hydroxylation is 1. The lowest BCUT2D eigenvalue weighted by Crippen LogP contribution is -2.18. The van der Waals surface area contributed by atoms with E-state index in [0.717, 1.165) is 12.1 Å². The Kier molecular flexibility index (Phi) is 5.62. The molecule has 0 fully saturated rings. The highest BCUT2D eigenvalue weighted by molar-refractivity contribution is 5.31. The maximum Gasteiger partial charge on any atom is 0.0434 e. The van der Waals surface area contributed by atoms with Crippen LogP contribution in [0, 0.1) is 6.92 Å². The van der Waals surface area contributed by atoms with Gasteiger partial charge in [-0.1, -0.05) is 65.0 Å². The van der Waals surface area contributed by atoms with Crippen LogP contribution in [0.4, 0.5) is 0 Å². The Morgan fingerprint density at radius 3 is 2.35 bits per heavy atom. The number of aromatic nitrogens is 1. The van der Waals surface area contributed by atoms with Gasteiger partial charge in [-0.15, -0.1) is 0 Å². The molecule has 0 amide bonds. The second kappa shape index (κ2) is 7.29. The largest absolute Gasteiger partial charge is 0.258 e. The summed E-state index contributed by atoms with van der Waals surface area (Å²) in [6.45, 7) is 13.6. The second-order valence-electron chi connectivity index (χ2n) is 7.81. The third-order valence-corrected chi connectivity index (χ3v) is 4.95. The summed E-state index contributed by atoms with van der Waals surface area (Å²) < 4.78 is 0. The molecule has 0 N–H and O–H groups in total. The van der Waals surface area contributed by atoms with Crippen LogP contribution < -0.4 is 0 Å². The molecule has 0 saturated heterocycles. The summed E-state index contributed by atoms with van der Waals surface area (Å²) in [4.78, 5) is 4.68. The summed E-state index contributed by atoms with van der Waals surface area (Å²) in [7, 11) is 0. The number of pyridine rings is 1. The highest BCUT2D eigenvalue weighted by Crippen LogP contribution is 2.33. The van der Waals surface area contributed by atoms with Crippen molar-refractivity contribution in [1.29, 1.82) is 0 Å². The number of nitrogens with zero attached hydrogens (tertiary/aromatic N) is 1. The SMILES string of the molecule is Cc1cccc(C(C)CCC(C)(C)c2cccc(C(C)C)c2)n1. The topological polar surface area (TPSA) is 12.9 Å². The van der Waals surface area contributed by atoms with Gasteiger partial charge in [0.1, 0.15) is 0 Å². The lowest BCUT2D eigenvalue weighted by atomic mass is 9.77. The number of rotatable bonds is 6. The first-order valence-electron chi connectivity index (χ1n) is 8.83. The molecule has 2 rings (SSSR count). The van der Waals surface area contributed by atoms with Gasteiger partial charge < -0.3 is 0 Å². The van der Waals surface area contributed by atoms with Crippen LogP contribution in [0.3, 0.4) is 0 Å². The average molecular weight is 309 g/mol. The molecule has 2 aromatic rings. The number of hydrogen-bond donors (Lipinski definition) is 0. The maximum atomic E-state index is 4.68. The zero-order chi connectivity index (χ0) is 17.0. The monoisotopic (exact) mass is 309 g/mol. The fourth-order valence-corrected chi connectivity index (χ4v) is 3.03. The Morgan fingerprint density at radius 1 is 1.00 bits per heavy atom. The van der Waals surface area contributed by atoms with Gasteiger partial charge in [-0.05, 0) is 60.3 Å². The Balaban J connectivity index is 2.07. The molecule has 0 radical (unpaired) electrons. The van der Waals surface area contributed by atoms with Crippen LogP contribution in [0.1, 0.15) is 81.8 Å². The molecule has 0 saturated carbocycles. The molecule has 1 atom stereocenters. The molecule has 0 aliphatic carbocycles. The van der Waals surface area contributed by atoms with E-state index >= 15 is 0 Å². The third kappa shape index (κ3) is 4.67. The Hall–Kier alpha value is -1.63. The first-order chi connectivity index (χ1) is 10.8. The van der Waals surface area contributed by atoms with Crippen molar-refractivity contribution in [3.63, 3.8) is 0 Å². The van der Waals surface area contributed by atoms with Gasteiger partial charge in [0.25, 0.3) is 0 Å². The van der Waals surface area contributed by atoms with Crippen LogP contribution >= 0.6 is 0 Å². The zero-order valence-corrected chi connectivity index (χ0v) is 15.6. The Labute approximate surface area is 142 Å². The average Bonchev–Trinajstić information content (AvgIpc) is 2.52. The molecule has 1 unspecified atom stereocenters. The van der Waals surface area contributed by atoms with E-state index in [0.29, 0.717) is 11.8 Å². The van der Waals surface area contributed by atoms with Gasteiger partial charge in [0.2, 0.25) is 0 Å². The van der Waals surface area contributed by atoms with Crippen molar-refractivity contribution < 1.29 is 0 Å². The zero-order valence-electron chi connectivity index (χ0n) is 15.6. The van der Waals surface area contributed by atoms with Crippen molar-refractivity contribution in [1.82, 2.24) is 4.98 Å². The summed E-state index contributed by atoms with van der Waals surface area (Å²) in [6, 6.07) is 15.5. The smallest absolute Gasteiger partial charge is 0.0434 e. The van der Waals surface area contributed by atoms with Crippen molar-refractivity contribution in [3.05, 3.63) is 65.0 Å². The molecule has 1 aromatic heterocycles. The van der Waals surface area contributed by atoms with Gasteiger partial charge in [-0.2, -0.15) is 0 Å². The van der Waals surface area contributed by atoms with Crippen molar-refractivity contribution in [2.75, 3.05) is 0 Å². The van der Waals surface area contributed by atoms with Crippen LogP contribution in [0.5, 0.6) is 0 Å². The first kappa shape index (κ1) is 17.7. The van der Waals surface area contributed by atoms with Crippen LogP contribution in [0.15, 0.2) is 42.5 Å². The highest BCUT2D eigenvalue weighted by Gasteiger charge is 2.22. The van der Waals surface area contributed by atoms with Gasteiger partial charge >= 0.3 is 0 Å². The summed E-state index contributed by atoms with van der Waals surface area (Å²) >= 11 is 0. The lowest BCUT2D eigenvalue weighted by Gasteiger charge is -2.28. The van der Waals surface area contributed by atoms with Gasteiger partial charge in [-0.3, -0.25) is 4.98 Å². The van der Waals surface area contributed by atoms with E-state index in [1.54, 1.807) is 0 Å². The molecule has 1 nitrogen and oxygen atoms in total. The minimum Gasteiger partial charge on any atom is -0.258 e. The normalized spacial score (nSPS) is 13.3. The van der Waals surface area contributed by atoms with Crippen molar-refractivity contribution in [3.8, 4) is 0 Å². The molecule has 0 spiro atoms. The van der Waals surface area contributed by atoms with Crippen molar-refractivity contribution in [2.24, 2.45) is 0 Å². The molecule has 0 aliphatic rings. The molecular formula is C22H31N. The van der Waals surface area contributed by atoms with E-state index in [9.17, 15) is 0 Å². The third-order valence-electron chi connectivity index (χ3n) is 4.95. The van der Waals surface area contributed by atoms with Gasteiger partial charge in [0, 0.05) is 11.4 Å². The van der Waals surface area contributed by atoms with Gasteiger partial charge in [0.05, 0.1) is 0 Å². The lowest BCUT2D eigenvalue weighted by molar-refractivity contribution is 0.436. The quantitative estimate of drug-likeness (QED) is 0.603. The molecule has 0 aliphatic heterocycles. The van der Waals surface area contributed by atoms with E-state index < -0.39 is 0 Å². The van der Waals surface area contributed by atoms with E-state index in [-0.39, 0.29) is 5.41 Å². The van der Waals surface area contributed by atoms with Crippen LogP contribution in [0.2, 0.25) is 0 Å². The standard InChI is InChI=1S/C22H31N/c1-16(2)19-10-8-11-20(15-19)22(5,6)14-13-17(3)21-12-7-9-18(4)23-21/h7-12,15-17H,13-14H2,1-6H3. The molecule has 1 heteroatoms. The fraction of sp³-hybridized carbons (Fsp3) is 0.500. The predicted molar refractivity (Wildman–Crippen MR) is 100 cm³/mol. The molecule has 1 aromatic carbocycles. The number of benzene rings is 1. The van der Waals surface area contributed by atoms with Crippen LogP contribution in [-0.2, 0) is 5.41 Å². The molecular weight excluding hydrogens is 278 g/mol.